The van der Waals surface area contributed by atoms with Crippen molar-refractivity contribution >= 4 is 17.9 Å². The van der Waals surface area contributed by atoms with Crippen LogP contribution in [0.5, 0.6) is 0 Å². The topological polar surface area (TPSA) is 52.7 Å². The average molecular weight is 301 g/mol. The minimum Gasteiger partial charge on any atom is -0.344 e. The van der Waals surface area contributed by atoms with Crippen LogP contribution in [0.2, 0.25) is 0 Å². The van der Waals surface area contributed by atoms with Crippen LogP contribution in [0, 0.1) is 0 Å². The normalized spacial score (nSPS) is 16.3. The smallest absolute Gasteiger partial charge is 0.224 e. The lowest BCUT2D eigenvalue weighted by Gasteiger charge is -2.33. The lowest BCUT2D eigenvalue weighted by molar-refractivity contribution is -0.133. The molecule has 1 aliphatic heterocycles. The summed E-state index contributed by atoms with van der Waals surface area (Å²) in [6, 6.07) is 7.66. The number of benzene rings is 1. The Morgan fingerprint density at radius 2 is 2.05 bits per heavy atom. The summed E-state index contributed by atoms with van der Waals surface area (Å²) in [6.07, 6.45) is 3.99. The van der Waals surface area contributed by atoms with Crippen molar-refractivity contribution in [2.45, 2.75) is 19.4 Å². The van der Waals surface area contributed by atoms with E-state index in [0.717, 1.165) is 17.7 Å². The zero-order valence-corrected chi connectivity index (χ0v) is 13.4. The third-order valence-corrected chi connectivity index (χ3v) is 3.96. The summed E-state index contributed by atoms with van der Waals surface area (Å²) in [5, 5.41) is 3.03. The summed E-state index contributed by atoms with van der Waals surface area (Å²) in [5.41, 5.74) is 2.09. The Morgan fingerprint density at radius 1 is 1.32 bits per heavy atom. The van der Waals surface area contributed by atoms with Gasteiger partial charge in [0.1, 0.15) is 0 Å². The van der Waals surface area contributed by atoms with Gasteiger partial charge in [0.15, 0.2) is 0 Å². The molecule has 118 valence electrons. The van der Waals surface area contributed by atoms with Crippen LogP contribution in [0.25, 0.3) is 6.08 Å². The van der Waals surface area contributed by atoms with Crippen LogP contribution >= 0.6 is 0 Å². The molecule has 1 aromatic rings. The number of nitrogens with one attached hydrogen (secondary N) is 1. The van der Waals surface area contributed by atoms with Crippen LogP contribution in [-0.4, -0.2) is 48.8 Å². The molecule has 0 saturated heterocycles. The number of carbonyl (C=O) groups is 2. The quantitative estimate of drug-likeness (QED) is 0.899. The van der Waals surface area contributed by atoms with Crippen molar-refractivity contribution in [3.05, 3.63) is 41.6 Å². The van der Waals surface area contributed by atoms with E-state index in [1.54, 1.807) is 23.0 Å². The molecule has 0 saturated carbocycles. The molecule has 0 bridgehead atoms. The Bertz CT molecular complexity index is 583. The van der Waals surface area contributed by atoms with Gasteiger partial charge in [-0.1, -0.05) is 24.3 Å². The van der Waals surface area contributed by atoms with Crippen molar-refractivity contribution in [2.24, 2.45) is 0 Å². The van der Waals surface area contributed by atoms with E-state index >= 15 is 0 Å². The molecule has 1 unspecified atom stereocenters. The Balaban J connectivity index is 2.20. The van der Waals surface area contributed by atoms with E-state index in [2.05, 4.69) is 5.32 Å². The second-order valence-electron chi connectivity index (χ2n) is 5.51. The van der Waals surface area contributed by atoms with E-state index in [1.807, 2.05) is 37.4 Å². The summed E-state index contributed by atoms with van der Waals surface area (Å²) in [4.78, 5) is 27.7. The standard InChI is InChI=1S/C17H23N3O2/c1-13(21)20-10-8-14-6-4-5-7-15(14)16(20)12-17(22)19(3)11-9-18-2/h4-8,10,16,18H,9,11-12H2,1-3H3. The van der Waals surface area contributed by atoms with Crippen molar-refractivity contribution in [3.63, 3.8) is 0 Å². The maximum absolute atomic E-state index is 12.4. The number of fused-ring (bicyclic) bond motifs is 1. The molecule has 1 aromatic carbocycles. The number of hydrogen-bond donors (Lipinski definition) is 1. The van der Waals surface area contributed by atoms with E-state index < -0.39 is 0 Å². The van der Waals surface area contributed by atoms with Crippen molar-refractivity contribution in [1.82, 2.24) is 15.1 Å². The number of amides is 2. The minimum atomic E-state index is -0.233. The lowest BCUT2D eigenvalue weighted by Crippen LogP contribution is -2.38. The first-order valence-corrected chi connectivity index (χ1v) is 7.49. The summed E-state index contributed by atoms with van der Waals surface area (Å²) in [7, 11) is 3.65. The van der Waals surface area contributed by atoms with Crippen molar-refractivity contribution in [2.75, 3.05) is 27.2 Å². The molecule has 2 rings (SSSR count). The highest BCUT2D eigenvalue weighted by Gasteiger charge is 2.28. The number of nitrogens with zero attached hydrogens (tertiary/aromatic N) is 2. The van der Waals surface area contributed by atoms with Gasteiger partial charge in [0.25, 0.3) is 0 Å². The maximum Gasteiger partial charge on any atom is 0.224 e. The van der Waals surface area contributed by atoms with E-state index in [0.29, 0.717) is 13.0 Å². The molecule has 0 fully saturated rings. The van der Waals surface area contributed by atoms with E-state index in [9.17, 15) is 9.59 Å². The fourth-order valence-corrected chi connectivity index (χ4v) is 2.64. The lowest BCUT2D eigenvalue weighted by atomic mass is 9.93. The highest BCUT2D eigenvalue weighted by atomic mass is 16.2. The van der Waals surface area contributed by atoms with Gasteiger partial charge in [0.05, 0.1) is 12.5 Å². The van der Waals surface area contributed by atoms with Gasteiger partial charge >= 0.3 is 0 Å². The second-order valence-corrected chi connectivity index (χ2v) is 5.51. The van der Waals surface area contributed by atoms with E-state index in [4.69, 9.17) is 0 Å². The van der Waals surface area contributed by atoms with E-state index in [1.165, 1.54) is 6.92 Å². The first-order chi connectivity index (χ1) is 10.5. The zero-order chi connectivity index (χ0) is 16.1. The van der Waals surface area contributed by atoms with Gasteiger partial charge < -0.3 is 15.1 Å². The Morgan fingerprint density at radius 3 is 2.73 bits per heavy atom. The first-order valence-electron chi connectivity index (χ1n) is 7.49. The van der Waals surface area contributed by atoms with Gasteiger partial charge in [-0.15, -0.1) is 0 Å². The van der Waals surface area contributed by atoms with Crippen molar-refractivity contribution in [1.29, 1.82) is 0 Å². The first kappa shape index (κ1) is 16.2. The van der Waals surface area contributed by atoms with Crippen LogP contribution in [0.3, 0.4) is 0 Å². The Labute approximate surface area is 131 Å². The summed E-state index contributed by atoms with van der Waals surface area (Å²) in [6.45, 7) is 2.93. The summed E-state index contributed by atoms with van der Waals surface area (Å²) >= 11 is 0. The van der Waals surface area contributed by atoms with Gasteiger partial charge in [-0.3, -0.25) is 9.59 Å². The molecule has 2 amide bonds. The third kappa shape index (κ3) is 3.54. The Kier molecular flexibility index (Phi) is 5.33. The number of rotatable bonds is 5. The number of carbonyl (C=O) groups excluding carboxylic acids is 2. The third-order valence-electron chi connectivity index (χ3n) is 3.96. The molecule has 1 aliphatic rings. The number of hydrogen-bond acceptors (Lipinski definition) is 3. The fraction of sp³-hybridized carbons (Fsp3) is 0.412. The van der Waals surface area contributed by atoms with Gasteiger partial charge in [-0.05, 0) is 24.3 Å². The van der Waals surface area contributed by atoms with Crippen LogP contribution in [0.15, 0.2) is 30.5 Å². The largest absolute Gasteiger partial charge is 0.344 e. The van der Waals surface area contributed by atoms with Gasteiger partial charge in [0.2, 0.25) is 11.8 Å². The Hall–Kier alpha value is -2.14. The van der Waals surface area contributed by atoms with Crippen LogP contribution < -0.4 is 5.32 Å². The van der Waals surface area contributed by atoms with Gasteiger partial charge in [-0.25, -0.2) is 0 Å². The van der Waals surface area contributed by atoms with Crippen LogP contribution in [0.4, 0.5) is 0 Å². The minimum absolute atomic E-state index is 0.0385. The second kappa shape index (κ2) is 7.22. The van der Waals surface area contributed by atoms with Crippen LogP contribution in [-0.2, 0) is 9.59 Å². The SMILES string of the molecule is CNCCN(C)C(=O)CC1c2ccccc2C=CN1C(C)=O. The highest BCUT2D eigenvalue weighted by molar-refractivity contribution is 5.81. The summed E-state index contributed by atoms with van der Waals surface area (Å²) in [5.74, 6) is -0.0157. The monoisotopic (exact) mass is 301 g/mol. The zero-order valence-electron chi connectivity index (χ0n) is 13.4. The predicted octanol–water partition coefficient (Wildman–Crippen LogP) is 1.63. The van der Waals surface area contributed by atoms with Crippen LogP contribution in [0.1, 0.15) is 30.5 Å². The predicted molar refractivity (Wildman–Crippen MR) is 86.9 cm³/mol. The van der Waals surface area contributed by atoms with Crippen molar-refractivity contribution in [3.8, 4) is 0 Å². The molecule has 5 nitrogen and oxygen atoms in total. The van der Waals surface area contributed by atoms with Gasteiger partial charge in [-0.2, -0.15) is 0 Å². The molecular formula is C17H23N3O2. The molecule has 0 spiro atoms. The fourth-order valence-electron chi connectivity index (χ4n) is 2.64. The molecule has 1 heterocycles. The van der Waals surface area contributed by atoms with Gasteiger partial charge in [0, 0.05) is 33.3 Å². The molecule has 22 heavy (non-hydrogen) atoms. The van der Waals surface area contributed by atoms with Crippen molar-refractivity contribution < 1.29 is 9.59 Å². The average Bonchev–Trinajstić information content (AvgIpc) is 2.52. The molecule has 1 atom stereocenters. The summed E-state index contributed by atoms with van der Waals surface area (Å²) < 4.78 is 0. The molecule has 0 aliphatic carbocycles. The molecular weight excluding hydrogens is 278 g/mol. The van der Waals surface area contributed by atoms with E-state index in [-0.39, 0.29) is 17.9 Å². The molecule has 0 radical (unpaired) electrons. The molecule has 5 heteroatoms. The molecule has 1 N–H and O–H groups in total. The number of likely N-dealkylation sites (N-methyl/N-ethyl adjacent to an activating group) is 2. The molecule has 0 aromatic heterocycles. The maximum atomic E-state index is 12.4. The highest BCUT2D eigenvalue weighted by Crippen LogP contribution is 2.33.